The molecule has 0 fully saturated rings. The Hall–Kier alpha value is -0.830. The Morgan fingerprint density at radius 3 is 2.19 bits per heavy atom. The molecule has 0 aliphatic carbocycles. The van der Waals surface area contributed by atoms with E-state index in [1.54, 1.807) is 0 Å². The minimum Gasteiger partial charge on any atom is -0.396 e. The van der Waals surface area contributed by atoms with Crippen molar-refractivity contribution < 1.29 is 9.90 Å². The molecule has 0 aromatic heterocycles. The molecule has 0 aromatic rings. The highest BCUT2D eigenvalue weighted by atomic mass is 16.3. The number of hydrogen-bond donors (Lipinski definition) is 2. The predicted molar refractivity (Wildman–Crippen MR) is 89.9 cm³/mol. The zero-order valence-electron chi connectivity index (χ0n) is 14.0. The van der Waals surface area contributed by atoms with Crippen LogP contribution < -0.4 is 5.73 Å². The van der Waals surface area contributed by atoms with Gasteiger partial charge in [0.25, 0.3) is 0 Å². The van der Waals surface area contributed by atoms with Crippen LogP contribution in [0.3, 0.4) is 0 Å². The van der Waals surface area contributed by atoms with Gasteiger partial charge in [0.05, 0.1) is 0 Å². The Bertz CT molecular complexity index is 276. The molecular weight excluding hydrogens is 262 g/mol. The van der Waals surface area contributed by atoms with E-state index in [4.69, 9.17) is 10.8 Å². The first-order chi connectivity index (χ1) is 10.1. The van der Waals surface area contributed by atoms with Gasteiger partial charge in [-0.3, -0.25) is 4.79 Å². The van der Waals surface area contributed by atoms with Crippen LogP contribution in [-0.4, -0.2) is 17.6 Å². The van der Waals surface area contributed by atoms with E-state index in [0.29, 0.717) is 0 Å². The van der Waals surface area contributed by atoms with Crippen molar-refractivity contribution in [3.05, 3.63) is 12.2 Å². The number of aliphatic hydroxyl groups excluding tert-OH is 1. The van der Waals surface area contributed by atoms with E-state index in [0.717, 1.165) is 19.3 Å². The first kappa shape index (κ1) is 20.2. The molecular formula is C18H35NO2. The van der Waals surface area contributed by atoms with Gasteiger partial charge in [-0.2, -0.15) is 0 Å². The fraction of sp³-hybridized carbons (Fsp3) is 0.833. The van der Waals surface area contributed by atoms with Crippen LogP contribution in [0.2, 0.25) is 0 Å². The van der Waals surface area contributed by atoms with Crippen LogP contribution in [0.25, 0.3) is 0 Å². The van der Waals surface area contributed by atoms with Gasteiger partial charge in [0, 0.05) is 12.5 Å². The first-order valence-electron chi connectivity index (χ1n) is 8.68. The molecule has 0 radical (unpaired) electrons. The summed E-state index contributed by atoms with van der Waals surface area (Å²) in [6.07, 6.45) is 16.3. The highest BCUT2D eigenvalue weighted by Gasteiger charge is 2.21. The summed E-state index contributed by atoms with van der Waals surface area (Å²) in [6, 6.07) is 0. The van der Waals surface area contributed by atoms with Crippen LogP contribution in [0.1, 0.15) is 78.1 Å². The van der Waals surface area contributed by atoms with E-state index < -0.39 is 0 Å². The predicted octanol–water partition coefficient (Wildman–Crippen LogP) is 4.19. The van der Waals surface area contributed by atoms with Gasteiger partial charge in [0.15, 0.2) is 0 Å². The number of rotatable bonds is 14. The molecule has 0 aliphatic rings. The molecule has 3 nitrogen and oxygen atoms in total. The Kier molecular flexibility index (Phi) is 13.6. The van der Waals surface area contributed by atoms with Gasteiger partial charge in [-0.15, -0.1) is 0 Å². The minimum atomic E-state index is -0.270. The standard InChI is InChI=1S/C18H35NO2/c1-3-4-5-6-7-8-9-10-11-12-13-14-17(18(19)21)16(2)15-20/h6-7,16-17,20H,3-5,8-15H2,1-2H3,(H2,19,21)/b7-6-. The Morgan fingerprint density at radius 1 is 1.05 bits per heavy atom. The summed E-state index contributed by atoms with van der Waals surface area (Å²) in [4.78, 5) is 11.3. The van der Waals surface area contributed by atoms with Gasteiger partial charge in [0.2, 0.25) is 5.91 Å². The van der Waals surface area contributed by atoms with Crippen molar-refractivity contribution in [1.29, 1.82) is 0 Å². The molecule has 0 saturated heterocycles. The molecule has 2 unspecified atom stereocenters. The normalized spacial score (nSPS) is 14.4. The van der Waals surface area contributed by atoms with Crippen LogP contribution in [0.5, 0.6) is 0 Å². The van der Waals surface area contributed by atoms with E-state index in [2.05, 4.69) is 19.1 Å². The first-order valence-corrected chi connectivity index (χ1v) is 8.68. The summed E-state index contributed by atoms with van der Waals surface area (Å²) >= 11 is 0. The Morgan fingerprint density at radius 2 is 1.62 bits per heavy atom. The van der Waals surface area contributed by atoms with Gasteiger partial charge in [0.1, 0.15) is 0 Å². The molecule has 0 aliphatic heterocycles. The zero-order valence-corrected chi connectivity index (χ0v) is 14.0. The van der Waals surface area contributed by atoms with Crippen LogP contribution in [0.4, 0.5) is 0 Å². The summed E-state index contributed by atoms with van der Waals surface area (Å²) < 4.78 is 0. The third kappa shape index (κ3) is 11.5. The molecule has 0 saturated carbocycles. The number of carbonyl (C=O) groups excluding carboxylic acids is 1. The largest absolute Gasteiger partial charge is 0.396 e. The van der Waals surface area contributed by atoms with Crippen molar-refractivity contribution >= 4 is 5.91 Å². The molecule has 1 amide bonds. The number of nitrogens with two attached hydrogens (primary N) is 1. The lowest BCUT2D eigenvalue weighted by molar-refractivity contribution is -0.124. The lowest BCUT2D eigenvalue weighted by Crippen LogP contribution is -2.30. The third-order valence-corrected chi connectivity index (χ3v) is 4.12. The summed E-state index contributed by atoms with van der Waals surface area (Å²) in [5.41, 5.74) is 5.39. The zero-order chi connectivity index (χ0) is 15.9. The molecule has 3 heteroatoms. The quantitative estimate of drug-likeness (QED) is 0.373. The molecule has 3 N–H and O–H groups in total. The maximum atomic E-state index is 11.3. The lowest BCUT2D eigenvalue weighted by atomic mass is 9.89. The fourth-order valence-electron chi connectivity index (χ4n) is 2.55. The SMILES string of the molecule is CCCC/C=C\CCCCCCCC(C(N)=O)C(C)CO. The number of unbranched alkanes of at least 4 members (excludes halogenated alkanes) is 7. The molecule has 0 spiro atoms. The van der Waals surface area contributed by atoms with Gasteiger partial charge in [-0.05, 0) is 31.6 Å². The van der Waals surface area contributed by atoms with E-state index >= 15 is 0 Å². The summed E-state index contributed by atoms with van der Waals surface area (Å²) in [7, 11) is 0. The second-order valence-corrected chi connectivity index (χ2v) is 6.13. The van der Waals surface area contributed by atoms with Gasteiger partial charge >= 0.3 is 0 Å². The fourth-order valence-corrected chi connectivity index (χ4v) is 2.55. The van der Waals surface area contributed by atoms with Crippen LogP contribution in [0, 0.1) is 11.8 Å². The molecule has 0 rings (SSSR count). The maximum Gasteiger partial charge on any atom is 0.220 e. The van der Waals surface area contributed by atoms with Crippen LogP contribution in [0.15, 0.2) is 12.2 Å². The molecule has 2 atom stereocenters. The van der Waals surface area contributed by atoms with Gasteiger partial charge in [-0.25, -0.2) is 0 Å². The van der Waals surface area contributed by atoms with Crippen molar-refractivity contribution in [2.75, 3.05) is 6.61 Å². The van der Waals surface area contributed by atoms with E-state index in [9.17, 15) is 4.79 Å². The van der Waals surface area contributed by atoms with Crippen molar-refractivity contribution in [3.8, 4) is 0 Å². The van der Waals surface area contributed by atoms with Crippen molar-refractivity contribution in [1.82, 2.24) is 0 Å². The second kappa shape index (κ2) is 14.1. The average molecular weight is 297 g/mol. The highest BCUT2D eigenvalue weighted by Crippen LogP contribution is 2.19. The number of aliphatic hydroxyl groups is 1. The molecule has 0 heterocycles. The van der Waals surface area contributed by atoms with E-state index in [1.165, 1.54) is 44.9 Å². The Balaban J connectivity index is 3.50. The minimum absolute atomic E-state index is 0.0178. The van der Waals surface area contributed by atoms with Crippen molar-refractivity contribution in [3.63, 3.8) is 0 Å². The number of amides is 1. The number of allylic oxidation sites excluding steroid dienone is 2. The Labute approximate surface area is 131 Å². The van der Waals surface area contributed by atoms with Gasteiger partial charge < -0.3 is 10.8 Å². The summed E-state index contributed by atoms with van der Waals surface area (Å²) in [6.45, 7) is 4.15. The number of carbonyl (C=O) groups is 1. The summed E-state index contributed by atoms with van der Waals surface area (Å²) in [5, 5.41) is 9.12. The van der Waals surface area contributed by atoms with Crippen LogP contribution >= 0.6 is 0 Å². The number of primary amides is 1. The lowest BCUT2D eigenvalue weighted by Gasteiger charge is -2.18. The molecule has 0 bridgehead atoms. The number of hydrogen-bond acceptors (Lipinski definition) is 2. The topological polar surface area (TPSA) is 63.3 Å². The maximum absolute atomic E-state index is 11.3. The van der Waals surface area contributed by atoms with Gasteiger partial charge in [-0.1, -0.05) is 64.5 Å². The van der Waals surface area contributed by atoms with Crippen molar-refractivity contribution in [2.24, 2.45) is 17.6 Å². The van der Waals surface area contributed by atoms with E-state index in [-0.39, 0.29) is 24.3 Å². The smallest absolute Gasteiger partial charge is 0.220 e. The highest BCUT2D eigenvalue weighted by molar-refractivity contribution is 5.76. The monoisotopic (exact) mass is 297 g/mol. The molecule has 0 aromatic carbocycles. The van der Waals surface area contributed by atoms with E-state index in [1.807, 2.05) is 6.92 Å². The van der Waals surface area contributed by atoms with Crippen LogP contribution in [-0.2, 0) is 4.79 Å². The third-order valence-electron chi connectivity index (χ3n) is 4.12. The second-order valence-electron chi connectivity index (χ2n) is 6.13. The molecule has 21 heavy (non-hydrogen) atoms. The van der Waals surface area contributed by atoms with Crippen molar-refractivity contribution in [2.45, 2.75) is 78.1 Å². The molecule has 124 valence electrons. The summed E-state index contributed by atoms with van der Waals surface area (Å²) in [5.74, 6) is -0.457. The average Bonchev–Trinajstić information content (AvgIpc) is 2.47.